The molecule has 2 fully saturated rings. The predicted molar refractivity (Wildman–Crippen MR) is 69.8 cm³/mol. The molecule has 1 saturated heterocycles. The van der Waals surface area contributed by atoms with E-state index in [-0.39, 0.29) is 0 Å². The summed E-state index contributed by atoms with van der Waals surface area (Å²) in [7, 11) is 0. The van der Waals surface area contributed by atoms with Gasteiger partial charge in [-0.15, -0.1) is 0 Å². The van der Waals surface area contributed by atoms with Gasteiger partial charge in [0, 0.05) is 23.7 Å². The molecule has 90 valence electrons. The molecule has 2 heteroatoms. The number of nitrogen functional groups attached to an aromatic ring is 1. The van der Waals surface area contributed by atoms with Crippen LogP contribution in [0.4, 0.5) is 5.69 Å². The molecule has 2 unspecified atom stereocenters. The van der Waals surface area contributed by atoms with Crippen LogP contribution in [0.5, 0.6) is 0 Å². The van der Waals surface area contributed by atoms with Crippen LogP contribution in [0.15, 0.2) is 18.2 Å². The smallest absolute Gasteiger partial charge is 0.0357 e. The Morgan fingerprint density at radius 3 is 2.94 bits per heavy atom. The quantitative estimate of drug-likeness (QED) is 0.670. The molecule has 0 amide bonds. The molecule has 4 aliphatic rings. The molecule has 0 spiro atoms. The lowest BCUT2D eigenvalue weighted by Gasteiger charge is -2.51. The van der Waals surface area contributed by atoms with Crippen LogP contribution in [0.1, 0.15) is 49.3 Å². The highest BCUT2D eigenvalue weighted by atomic mass is 15.0. The van der Waals surface area contributed by atoms with Crippen LogP contribution >= 0.6 is 0 Å². The minimum Gasteiger partial charge on any atom is -0.398 e. The van der Waals surface area contributed by atoms with Crippen molar-refractivity contribution in [1.29, 1.82) is 0 Å². The highest BCUT2D eigenvalue weighted by molar-refractivity contribution is 5.57. The van der Waals surface area contributed by atoms with Gasteiger partial charge in [-0.25, -0.2) is 0 Å². The molecule has 5 atom stereocenters. The summed E-state index contributed by atoms with van der Waals surface area (Å²) in [5, 5.41) is 3.82. The van der Waals surface area contributed by atoms with Crippen LogP contribution in [0.3, 0.4) is 0 Å². The van der Waals surface area contributed by atoms with E-state index in [2.05, 4.69) is 30.4 Å². The summed E-state index contributed by atoms with van der Waals surface area (Å²) >= 11 is 0. The Bertz CT molecular complexity index is 468. The lowest BCUT2D eigenvalue weighted by molar-refractivity contribution is 0.129. The van der Waals surface area contributed by atoms with Gasteiger partial charge in [0.15, 0.2) is 0 Å². The molecule has 2 aliphatic heterocycles. The second-order valence-electron chi connectivity index (χ2n) is 6.07. The Balaban J connectivity index is 1.94. The summed E-state index contributed by atoms with van der Waals surface area (Å²) in [6.45, 7) is 2.33. The molecule has 3 N–H and O–H groups in total. The zero-order valence-corrected chi connectivity index (χ0v) is 10.3. The standard InChI is InChI=1S/C15H20N2/c1-8-13-9-4-2-5-10(9)15(17-8)11-6-3-7-12(16)14(11)13/h3,6-10,13,15,17H,2,4-5,16H2,1H3/t8-,9-,10+,13?,15?/m1/s1. The van der Waals surface area contributed by atoms with Gasteiger partial charge in [-0.1, -0.05) is 18.6 Å². The Morgan fingerprint density at radius 1 is 1.24 bits per heavy atom. The van der Waals surface area contributed by atoms with E-state index in [0.717, 1.165) is 17.5 Å². The summed E-state index contributed by atoms with van der Waals surface area (Å²) in [5.74, 6) is 2.41. The number of nitrogens with one attached hydrogen (secondary N) is 1. The summed E-state index contributed by atoms with van der Waals surface area (Å²) in [4.78, 5) is 0. The van der Waals surface area contributed by atoms with Crippen molar-refractivity contribution in [3.63, 3.8) is 0 Å². The van der Waals surface area contributed by atoms with E-state index in [0.29, 0.717) is 18.0 Å². The molecule has 2 aliphatic carbocycles. The van der Waals surface area contributed by atoms with E-state index < -0.39 is 0 Å². The van der Waals surface area contributed by atoms with E-state index in [9.17, 15) is 0 Å². The zero-order chi connectivity index (χ0) is 11.6. The second kappa shape index (κ2) is 3.26. The van der Waals surface area contributed by atoms with Crippen molar-refractivity contribution in [1.82, 2.24) is 5.32 Å². The lowest BCUT2D eigenvalue weighted by Crippen LogP contribution is -2.53. The molecule has 2 heterocycles. The van der Waals surface area contributed by atoms with Gasteiger partial charge in [0.05, 0.1) is 0 Å². The van der Waals surface area contributed by atoms with Gasteiger partial charge in [0.1, 0.15) is 0 Å². The fourth-order valence-electron chi connectivity index (χ4n) is 4.80. The van der Waals surface area contributed by atoms with Gasteiger partial charge >= 0.3 is 0 Å². The first-order valence-electron chi connectivity index (χ1n) is 6.91. The molecule has 5 rings (SSSR count). The molecule has 2 bridgehead atoms. The van der Waals surface area contributed by atoms with E-state index in [4.69, 9.17) is 5.73 Å². The van der Waals surface area contributed by atoms with Gasteiger partial charge in [-0.3, -0.25) is 0 Å². The van der Waals surface area contributed by atoms with Crippen molar-refractivity contribution < 1.29 is 0 Å². The highest BCUT2D eigenvalue weighted by Crippen LogP contribution is 2.58. The lowest BCUT2D eigenvalue weighted by atomic mass is 9.61. The third-order valence-electron chi connectivity index (χ3n) is 5.34. The normalized spacial score (nSPS) is 42.3. The molecule has 0 radical (unpaired) electrons. The predicted octanol–water partition coefficient (Wildman–Crippen LogP) is 2.82. The van der Waals surface area contributed by atoms with Crippen LogP contribution < -0.4 is 11.1 Å². The van der Waals surface area contributed by atoms with E-state index in [1.165, 1.54) is 30.4 Å². The average molecular weight is 228 g/mol. The number of hydrogen-bond acceptors (Lipinski definition) is 2. The number of anilines is 1. The summed E-state index contributed by atoms with van der Waals surface area (Å²) in [6.07, 6.45) is 4.22. The third kappa shape index (κ3) is 1.14. The summed E-state index contributed by atoms with van der Waals surface area (Å²) in [5.41, 5.74) is 10.2. The van der Waals surface area contributed by atoms with Crippen molar-refractivity contribution in [3.05, 3.63) is 29.3 Å². The fraction of sp³-hybridized carbons (Fsp3) is 0.600. The van der Waals surface area contributed by atoms with Crippen molar-refractivity contribution in [2.45, 2.75) is 44.2 Å². The SMILES string of the molecule is C[C@H]1NC2c3cccc(N)c3C1[C@@H]1CCC[C@H]21. The maximum Gasteiger partial charge on any atom is 0.0357 e. The zero-order valence-electron chi connectivity index (χ0n) is 10.3. The molecular weight excluding hydrogens is 208 g/mol. The molecule has 2 nitrogen and oxygen atoms in total. The molecule has 1 aromatic carbocycles. The van der Waals surface area contributed by atoms with Crippen molar-refractivity contribution in [3.8, 4) is 0 Å². The van der Waals surface area contributed by atoms with Gasteiger partial charge in [0.2, 0.25) is 0 Å². The Kier molecular flexibility index (Phi) is 1.91. The van der Waals surface area contributed by atoms with E-state index in [1.54, 1.807) is 0 Å². The van der Waals surface area contributed by atoms with Gasteiger partial charge in [-0.2, -0.15) is 0 Å². The largest absolute Gasteiger partial charge is 0.398 e. The van der Waals surface area contributed by atoms with Crippen LogP contribution in [0.25, 0.3) is 0 Å². The maximum atomic E-state index is 6.25. The minimum atomic E-state index is 0.570. The maximum absolute atomic E-state index is 6.25. The first-order valence-corrected chi connectivity index (χ1v) is 6.91. The van der Waals surface area contributed by atoms with Gasteiger partial charge < -0.3 is 11.1 Å². The first kappa shape index (κ1) is 9.95. The number of nitrogens with two attached hydrogens (primary N) is 1. The minimum absolute atomic E-state index is 0.570. The molecule has 1 saturated carbocycles. The Hall–Kier alpha value is -1.02. The van der Waals surface area contributed by atoms with Crippen molar-refractivity contribution in [2.24, 2.45) is 11.8 Å². The molecule has 0 aromatic heterocycles. The topological polar surface area (TPSA) is 38.0 Å². The third-order valence-corrected chi connectivity index (χ3v) is 5.34. The second-order valence-corrected chi connectivity index (χ2v) is 6.07. The van der Waals surface area contributed by atoms with Gasteiger partial charge in [0.25, 0.3) is 0 Å². The van der Waals surface area contributed by atoms with Crippen LogP contribution in [-0.2, 0) is 0 Å². The average Bonchev–Trinajstić information content (AvgIpc) is 2.79. The monoisotopic (exact) mass is 228 g/mol. The molecule has 1 aromatic rings. The first-order chi connectivity index (χ1) is 8.27. The number of piperidine rings is 1. The van der Waals surface area contributed by atoms with Crippen LogP contribution in [-0.4, -0.2) is 6.04 Å². The summed E-state index contributed by atoms with van der Waals surface area (Å²) in [6, 6.07) is 7.65. The molecule has 17 heavy (non-hydrogen) atoms. The number of fused-ring (bicyclic) bond motifs is 1. The number of benzene rings is 1. The Morgan fingerprint density at radius 2 is 2.06 bits per heavy atom. The van der Waals surface area contributed by atoms with E-state index in [1.807, 2.05) is 0 Å². The van der Waals surface area contributed by atoms with Gasteiger partial charge in [-0.05, 0) is 48.8 Å². The van der Waals surface area contributed by atoms with Crippen LogP contribution in [0, 0.1) is 11.8 Å². The van der Waals surface area contributed by atoms with Crippen molar-refractivity contribution >= 4 is 5.69 Å². The Labute approximate surface area is 103 Å². The number of rotatable bonds is 0. The number of hydrogen-bond donors (Lipinski definition) is 2. The van der Waals surface area contributed by atoms with Crippen LogP contribution in [0.2, 0.25) is 0 Å². The summed E-state index contributed by atoms with van der Waals surface area (Å²) < 4.78 is 0. The molecular formula is C15H20N2. The van der Waals surface area contributed by atoms with E-state index >= 15 is 0 Å². The highest BCUT2D eigenvalue weighted by Gasteiger charge is 2.51. The fourth-order valence-corrected chi connectivity index (χ4v) is 4.80. The van der Waals surface area contributed by atoms with Crippen molar-refractivity contribution in [2.75, 3.05) is 5.73 Å².